The van der Waals surface area contributed by atoms with Gasteiger partial charge in [-0.25, -0.2) is 8.42 Å². The van der Waals surface area contributed by atoms with Crippen LogP contribution in [0.25, 0.3) is 0 Å². The topological polar surface area (TPSA) is 76.3 Å². The summed E-state index contributed by atoms with van der Waals surface area (Å²) in [6.45, 7) is 2.33. The second-order valence-electron chi connectivity index (χ2n) is 4.28. The smallest absolute Gasteiger partial charge is 0.149 e. The van der Waals surface area contributed by atoms with Crippen molar-refractivity contribution in [2.75, 3.05) is 30.5 Å². The molecule has 0 spiro atoms. The van der Waals surface area contributed by atoms with E-state index >= 15 is 0 Å². The predicted molar refractivity (Wildman–Crippen MR) is 69.8 cm³/mol. The van der Waals surface area contributed by atoms with Crippen LogP contribution in [0.1, 0.15) is 18.7 Å². The van der Waals surface area contributed by atoms with E-state index in [1.165, 1.54) is 6.26 Å². The maximum atomic E-state index is 11.1. The van der Waals surface area contributed by atoms with Crippen molar-refractivity contribution >= 4 is 15.5 Å². The Hall–Kier alpha value is -1.14. The summed E-state index contributed by atoms with van der Waals surface area (Å²) in [6.07, 6.45) is 2.94. The van der Waals surface area contributed by atoms with Gasteiger partial charge in [0.15, 0.2) is 0 Å². The third-order valence-corrected chi connectivity index (χ3v) is 3.40. The summed E-state index contributed by atoms with van der Waals surface area (Å²) in [6, 6.07) is 3.66. The first-order valence-electron chi connectivity index (χ1n) is 5.40. The molecule has 0 saturated carbocycles. The Kier molecular flexibility index (Phi) is 4.47. The summed E-state index contributed by atoms with van der Waals surface area (Å²) in [5.41, 5.74) is 7.41. The SMILES string of the molecule is CC(N)c1ccc(N(C)CCS(C)(=O)=O)cn1. The summed E-state index contributed by atoms with van der Waals surface area (Å²) >= 11 is 0. The van der Waals surface area contributed by atoms with Crippen molar-refractivity contribution in [3.8, 4) is 0 Å². The molecule has 1 unspecified atom stereocenters. The molecular formula is C11H19N3O2S. The summed E-state index contributed by atoms with van der Waals surface area (Å²) in [7, 11) is -1.09. The fourth-order valence-corrected chi connectivity index (χ4v) is 1.93. The highest BCUT2D eigenvalue weighted by Crippen LogP contribution is 2.13. The molecule has 0 aromatic carbocycles. The Morgan fingerprint density at radius 1 is 1.47 bits per heavy atom. The van der Waals surface area contributed by atoms with Gasteiger partial charge in [-0.15, -0.1) is 0 Å². The molecule has 96 valence electrons. The fraction of sp³-hybridized carbons (Fsp3) is 0.545. The first-order valence-corrected chi connectivity index (χ1v) is 7.46. The van der Waals surface area contributed by atoms with E-state index in [2.05, 4.69) is 4.98 Å². The number of nitrogens with two attached hydrogens (primary N) is 1. The van der Waals surface area contributed by atoms with Gasteiger partial charge in [0, 0.05) is 25.9 Å². The molecule has 1 heterocycles. The van der Waals surface area contributed by atoms with Crippen LogP contribution in [0.15, 0.2) is 18.3 Å². The number of aromatic nitrogens is 1. The van der Waals surface area contributed by atoms with E-state index in [-0.39, 0.29) is 11.8 Å². The number of hydrogen-bond donors (Lipinski definition) is 1. The molecule has 1 rings (SSSR count). The number of nitrogens with zero attached hydrogens (tertiary/aromatic N) is 2. The molecule has 1 atom stereocenters. The largest absolute Gasteiger partial charge is 0.372 e. The minimum atomic E-state index is -2.93. The van der Waals surface area contributed by atoms with Gasteiger partial charge in [0.25, 0.3) is 0 Å². The molecule has 5 nitrogen and oxygen atoms in total. The van der Waals surface area contributed by atoms with Gasteiger partial charge in [-0.2, -0.15) is 0 Å². The Morgan fingerprint density at radius 2 is 2.12 bits per heavy atom. The van der Waals surface area contributed by atoms with Gasteiger partial charge in [0.2, 0.25) is 0 Å². The quantitative estimate of drug-likeness (QED) is 0.835. The van der Waals surface area contributed by atoms with Crippen molar-refractivity contribution < 1.29 is 8.42 Å². The molecule has 0 saturated heterocycles. The minimum absolute atomic E-state index is 0.0922. The maximum absolute atomic E-state index is 11.1. The Labute approximate surface area is 103 Å². The monoisotopic (exact) mass is 257 g/mol. The van der Waals surface area contributed by atoms with E-state index in [0.717, 1.165) is 11.4 Å². The van der Waals surface area contributed by atoms with Crippen LogP contribution >= 0.6 is 0 Å². The second-order valence-corrected chi connectivity index (χ2v) is 6.54. The molecular weight excluding hydrogens is 238 g/mol. The van der Waals surface area contributed by atoms with Gasteiger partial charge < -0.3 is 10.6 Å². The Bertz CT molecular complexity index is 454. The van der Waals surface area contributed by atoms with Crippen LogP contribution < -0.4 is 10.6 Å². The zero-order valence-electron chi connectivity index (χ0n) is 10.4. The number of sulfone groups is 1. The van der Waals surface area contributed by atoms with Gasteiger partial charge >= 0.3 is 0 Å². The molecule has 0 aliphatic carbocycles. The molecule has 0 fully saturated rings. The Morgan fingerprint density at radius 3 is 2.53 bits per heavy atom. The van der Waals surface area contributed by atoms with Crippen molar-refractivity contribution in [1.82, 2.24) is 4.98 Å². The van der Waals surface area contributed by atoms with Gasteiger partial charge in [-0.3, -0.25) is 4.98 Å². The molecule has 0 amide bonds. The third kappa shape index (κ3) is 4.70. The standard InChI is InChI=1S/C11H19N3O2S/c1-9(12)11-5-4-10(8-13-11)14(2)6-7-17(3,15)16/h4-5,8-9H,6-7,12H2,1-3H3. The first-order chi connectivity index (χ1) is 7.79. The lowest BCUT2D eigenvalue weighted by Gasteiger charge is -2.18. The molecule has 1 aromatic heterocycles. The van der Waals surface area contributed by atoms with Crippen LogP contribution in [-0.2, 0) is 9.84 Å². The van der Waals surface area contributed by atoms with Crippen molar-refractivity contribution in [2.24, 2.45) is 5.73 Å². The highest BCUT2D eigenvalue weighted by atomic mass is 32.2. The molecule has 2 N–H and O–H groups in total. The highest BCUT2D eigenvalue weighted by molar-refractivity contribution is 7.90. The van der Waals surface area contributed by atoms with Crippen LogP contribution in [-0.4, -0.2) is 39.0 Å². The van der Waals surface area contributed by atoms with Crippen molar-refractivity contribution in [1.29, 1.82) is 0 Å². The van der Waals surface area contributed by atoms with Crippen molar-refractivity contribution in [3.05, 3.63) is 24.0 Å². The zero-order valence-corrected chi connectivity index (χ0v) is 11.2. The summed E-state index contributed by atoms with van der Waals surface area (Å²) in [4.78, 5) is 6.09. The molecule has 6 heteroatoms. The van der Waals surface area contributed by atoms with Gasteiger partial charge in [-0.1, -0.05) is 0 Å². The highest BCUT2D eigenvalue weighted by Gasteiger charge is 2.07. The van der Waals surface area contributed by atoms with Crippen molar-refractivity contribution in [3.63, 3.8) is 0 Å². The van der Waals surface area contributed by atoms with E-state index in [4.69, 9.17) is 5.73 Å². The lowest BCUT2D eigenvalue weighted by Crippen LogP contribution is -2.25. The molecule has 0 bridgehead atoms. The number of anilines is 1. The van der Waals surface area contributed by atoms with Crippen LogP contribution in [0, 0.1) is 0 Å². The second kappa shape index (κ2) is 5.46. The molecule has 0 radical (unpaired) electrons. The van der Waals surface area contributed by atoms with Crippen LogP contribution in [0.3, 0.4) is 0 Å². The molecule has 1 aromatic rings. The van der Waals surface area contributed by atoms with Gasteiger partial charge in [0.05, 0.1) is 23.3 Å². The van der Waals surface area contributed by atoms with Crippen LogP contribution in [0.4, 0.5) is 5.69 Å². The minimum Gasteiger partial charge on any atom is -0.372 e. The average molecular weight is 257 g/mol. The van der Waals surface area contributed by atoms with Crippen molar-refractivity contribution in [2.45, 2.75) is 13.0 Å². The van der Waals surface area contributed by atoms with Crippen LogP contribution in [0.2, 0.25) is 0 Å². The van der Waals surface area contributed by atoms with Crippen LogP contribution in [0.5, 0.6) is 0 Å². The predicted octanol–water partition coefficient (Wildman–Crippen LogP) is 0.582. The normalized spacial score (nSPS) is 13.4. The lowest BCUT2D eigenvalue weighted by atomic mass is 10.2. The average Bonchev–Trinajstić information content (AvgIpc) is 2.25. The van der Waals surface area contributed by atoms with Gasteiger partial charge in [-0.05, 0) is 19.1 Å². The Balaban J connectivity index is 2.67. The number of pyridine rings is 1. The van der Waals surface area contributed by atoms with E-state index < -0.39 is 9.84 Å². The molecule has 17 heavy (non-hydrogen) atoms. The van der Waals surface area contributed by atoms with E-state index in [9.17, 15) is 8.42 Å². The van der Waals surface area contributed by atoms with E-state index in [1.807, 2.05) is 31.0 Å². The summed E-state index contributed by atoms with van der Waals surface area (Å²) < 4.78 is 22.1. The van der Waals surface area contributed by atoms with E-state index in [1.54, 1.807) is 6.20 Å². The zero-order chi connectivity index (χ0) is 13.1. The maximum Gasteiger partial charge on any atom is 0.149 e. The molecule has 0 aliphatic rings. The number of hydrogen-bond acceptors (Lipinski definition) is 5. The fourth-order valence-electron chi connectivity index (χ4n) is 1.32. The first kappa shape index (κ1) is 13.9. The van der Waals surface area contributed by atoms with E-state index in [0.29, 0.717) is 6.54 Å². The summed E-state index contributed by atoms with van der Waals surface area (Å²) in [5.74, 6) is 0.137. The lowest BCUT2D eigenvalue weighted by molar-refractivity contribution is 0.601. The van der Waals surface area contributed by atoms with Gasteiger partial charge in [0.1, 0.15) is 9.84 Å². The third-order valence-electron chi connectivity index (χ3n) is 2.48. The molecule has 0 aliphatic heterocycles. The summed E-state index contributed by atoms with van der Waals surface area (Å²) in [5, 5.41) is 0. The number of rotatable bonds is 5.